The molecular formula is C10H14N2S. The number of nitrogens with two attached hydrogens (primary N) is 1. The average Bonchev–Trinajstić information content (AvgIpc) is 2.77. The second-order valence-electron chi connectivity index (χ2n) is 4.39. The number of fused-ring (bicyclic) bond motifs is 2. The van der Waals surface area contributed by atoms with Gasteiger partial charge in [0.05, 0.1) is 5.69 Å². The second kappa shape index (κ2) is 2.71. The third-order valence-electron chi connectivity index (χ3n) is 3.66. The number of nitrogens with zero attached hydrogens (tertiary/aromatic N) is 1. The lowest BCUT2D eigenvalue weighted by molar-refractivity contribution is 0.414. The Kier molecular flexibility index (Phi) is 1.62. The standard InChI is InChI=1S/C10H14N2S/c11-10-12-9(5-13-10)8-4-6-1-2-7(8)3-6/h5-8H,1-4H2,(H2,11,12)/t6-,7+,8+/m0/s1. The number of thiazole rings is 1. The molecule has 3 heteroatoms. The Bertz CT molecular complexity index is 320. The predicted octanol–water partition coefficient (Wildman–Crippen LogP) is 2.63. The van der Waals surface area contributed by atoms with E-state index in [0.29, 0.717) is 0 Å². The van der Waals surface area contributed by atoms with Gasteiger partial charge in [-0.1, -0.05) is 6.42 Å². The molecule has 0 saturated heterocycles. The van der Waals surface area contributed by atoms with Crippen LogP contribution in [0, 0.1) is 11.8 Å². The summed E-state index contributed by atoms with van der Waals surface area (Å²) in [6, 6.07) is 0. The van der Waals surface area contributed by atoms with Gasteiger partial charge >= 0.3 is 0 Å². The number of aromatic nitrogens is 1. The first-order valence-corrected chi connectivity index (χ1v) is 5.92. The van der Waals surface area contributed by atoms with E-state index in [2.05, 4.69) is 10.4 Å². The first kappa shape index (κ1) is 7.80. The number of rotatable bonds is 1. The van der Waals surface area contributed by atoms with Crippen LogP contribution in [-0.4, -0.2) is 4.98 Å². The van der Waals surface area contributed by atoms with E-state index < -0.39 is 0 Å². The van der Waals surface area contributed by atoms with Gasteiger partial charge in [0, 0.05) is 11.3 Å². The number of nitrogen functional groups attached to an aromatic ring is 1. The minimum absolute atomic E-state index is 0.734. The summed E-state index contributed by atoms with van der Waals surface area (Å²) in [5, 5.41) is 2.89. The monoisotopic (exact) mass is 194 g/mol. The molecule has 1 aromatic heterocycles. The number of hydrogen-bond donors (Lipinski definition) is 1. The van der Waals surface area contributed by atoms with Crippen molar-refractivity contribution in [2.45, 2.75) is 31.6 Å². The van der Waals surface area contributed by atoms with E-state index in [1.54, 1.807) is 11.3 Å². The maximum atomic E-state index is 5.65. The van der Waals surface area contributed by atoms with E-state index in [4.69, 9.17) is 5.73 Å². The van der Waals surface area contributed by atoms with Gasteiger partial charge < -0.3 is 5.73 Å². The molecule has 0 spiro atoms. The first-order valence-electron chi connectivity index (χ1n) is 5.04. The zero-order valence-corrected chi connectivity index (χ0v) is 8.39. The molecule has 0 aromatic carbocycles. The highest BCUT2D eigenvalue weighted by Crippen LogP contribution is 2.52. The highest BCUT2D eigenvalue weighted by Gasteiger charge is 2.40. The van der Waals surface area contributed by atoms with Crippen LogP contribution >= 0.6 is 11.3 Å². The summed E-state index contributed by atoms with van der Waals surface area (Å²) in [6.45, 7) is 0. The molecule has 3 atom stereocenters. The van der Waals surface area contributed by atoms with Gasteiger partial charge in [0.25, 0.3) is 0 Å². The molecule has 2 aliphatic carbocycles. The molecule has 1 heterocycles. The van der Waals surface area contributed by atoms with Crippen LogP contribution in [0.15, 0.2) is 5.38 Å². The molecule has 2 bridgehead atoms. The van der Waals surface area contributed by atoms with E-state index in [0.717, 1.165) is 22.9 Å². The van der Waals surface area contributed by atoms with Crippen molar-refractivity contribution in [3.8, 4) is 0 Å². The van der Waals surface area contributed by atoms with Crippen LogP contribution in [0.25, 0.3) is 0 Å². The maximum absolute atomic E-state index is 5.65. The Hall–Kier alpha value is -0.570. The smallest absolute Gasteiger partial charge is 0.180 e. The fourth-order valence-corrected chi connectivity index (χ4v) is 3.71. The molecule has 3 rings (SSSR count). The lowest BCUT2D eigenvalue weighted by Crippen LogP contribution is -2.08. The van der Waals surface area contributed by atoms with Crippen molar-refractivity contribution in [1.82, 2.24) is 4.98 Å². The van der Waals surface area contributed by atoms with E-state index in [-0.39, 0.29) is 0 Å². The van der Waals surface area contributed by atoms with E-state index in [9.17, 15) is 0 Å². The van der Waals surface area contributed by atoms with E-state index in [1.807, 2.05) is 0 Å². The molecule has 1 aromatic rings. The van der Waals surface area contributed by atoms with Gasteiger partial charge in [0.15, 0.2) is 5.13 Å². The second-order valence-corrected chi connectivity index (χ2v) is 5.28. The molecule has 2 N–H and O–H groups in total. The molecule has 2 aliphatic rings. The predicted molar refractivity (Wildman–Crippen MR) is 54.7 cm³/mol. The first-order chi connectivity index (χ1) is 6.33. The lowest BCUT2D eigenvalue weighted by atomic mass is 9.87. The normalized spacial score (nSPS) is 37.1. The summed E-state index contributed by atoms with van der Waals surface area (Å²) >= 11 is 1.59. The summed E-state index contributed by atoms with van der Waals surface area (Å²) in [7, 11) is 0. The van der Waals surface area contributed by atoms with Crippen molar-refractivity contribution >= 4 is 16.5 Å². The quantitative estimate of drug-likeness (QED) is 0.746. The highest BCUT2D eigenvalue weighted by molar-refractivity contribution is 7.13. The topological polar surface area (TPSA) is 38.9 Å². The molecule has 0 amide bonds. The fraction of sp³-hybridized carbons (Fsp3) is 0.700. The molecule has 70 valence electrons. The summed E-state index contributed by atoms with van der Waals surface area (Å²) in [5.41, 5.74) is 6.92. The molecule has 0 aliphatic heterocycles. The van der Waals surface area contributed by atoms with E-state index in [1.165, 1.54) is 31.4 Å². The molecule has 2 saturated carbocycles. The van der Waals surface area contributed by atoms with E-state index >= 15 is 0 Å². The molecule has 2 nitrogen and oxygen atoms in total. The van der Waals surface area contributed by atoms with Crippen molar-refractivity contribution in [2.24, 2.45) is 11.8 Å². The van der Waals surface area contributed by atoms with Gasteiger partial charge in [0.2, 0.25) is 0 Å². The number of hydrogen-bond acceptors (Lipinski definition) is 3. The van der Waals surface area contributed by atoms with Crippen LogP contribution in [0.3, 0.4) is 0 Å². The van der Waals surface area contributed by atoms with Crippen molar-refractivity contribution in [3.05, 3.63) is 11.1 Å². The van der Waals surface area contributed by atoms with Crippen molar-refractivity contribution in [3.63, 3.8) is 0 Å². The Morgan fingerprint density at radius 3 is 2.85 bits per heavy atom. The van der Waals surface area contributed by atoms with Gasteiger partial charge in [0.1, 0.15) is 0 Å². The molecule has 2 fully saturated rings. The summed E-state index contributed by atoms with van der Waals surface area (Å²) < 4.78 is 0. The third-order valence-corrected chi connectivity index (χ3v) is 4.35. The van der Waals surface area contributed by atoms with Crippen LogP contribution in [0.1, 0.15) is 37.3 Å². The van der Waals surface area contributed by atoms with Crippen LogP contribution in [-0.2, 0) is 0 Å². The van der Waals surface area contributed by atoms with Gasteiger partial charge in [-0.15, -0.1) is 11.3 Å². The van der Waals surface area contributed by atoms with Crippen molar-refractivity contribution < 1.29 is 0 Å². The van der Waals surface area contributed by atoms with Crippen LogP contribution < -0.4 is 5.73 Å². The molecule has 0 radical (unpaired) electrons. The van der Waals surface area contributed by atoms with Crippen LogP contribution in [0.4, 0.5) is 5.13 Å². The minimum atomic E-state index is 0.734. The zero-order valence-electron chi connectivity index (χ0n) is 7.57. The SMILES string of the molecule is Nc1nc([C@@H]2C[C@H]3CC[C@@H]2C3)cs1. The summed E-state index contributed by atoms with van der Waals surface area (Å²) in [4.78, 5) is 4.41. The van der Waals surface area contributed by atoms with Crippen LogP contribution in [0.5, 0.6) is 0 Å². The minimum Gasteiger partial charge on any atom is -0.375 e. The molecule has 0 unspecified atom stereocenters. The lowest BCUT2D eigenvalue weighted by Gasteiger charge is -2.19. The Balaban J connectivity index is 1.87. The van der Waals surface area contributed by atoms with Gasteiger partial charge in [-0.05, 0) is 31.1 Å². The average molecular weight is 194 g/mol. The Labute approximate surface area is 82.2 Å². The van der Waals surface area contributed by atoms with Gasteiger partial charge in [-0.25, -0.2) is 4.98 Å². The maximum Gasteiger partial charge on any atom is 0.180 e. The third kappa shape index (κ3) is 1.17. The van der Waals surface area contributed by atoms with Crippen molar-refractivity contribution in [2.75, 3.05) is 5.73 Å². The molecule has 13 heavy (non-hydrogen) atoms. The summed E-state index contributed by atoms with van der Waals surface area (Å²) in [6.07, 6.45) is 5.70. The Morgan fingerprint density at radius 2 is 2.31 bits per heavy atom. The molecular weight excluding hydrogens is 180 g/mol. The fourth-order valence-electron chi connectivity index (χ4n) is 3.08. The van der Waals surface area contributed by atoms with Gasteiger partial charge in [-0.3, -0.25) is 0 Å². The van der Waals surface area contributed by atoms with Crippen LogP contribution in [0.2, 0.25) is 0 Å². The number of anilines is 1. The van der Waals surface area contributed by atoms with Gasteiger partial charge in [-0.2, -0.15) is 0 Å². The zero-order chi connectivity index (χ0) is 8.84. The summed E-state index contributed by atoms with van der Waals surface area (Å²) in [5.74, 6) is 2.66. The van der Waals surface area contributed by atoms with Crippen molar-refractivity contribution in [1.29, 1.82) is 0 Å². The largest absolute Gasteiger partial charge is 0.375 e. The Morgan fingerprint density at radius 1 is 1.38 bits per heavy atom. The highest BCUT2D eigenvalue weighted by atomic mass is 32.1.